The third-order valence-electron chi connectivity index (χ3n) is 2.07. The van der Waals surface area contributed by atoms with Crippen molar-refractivity contribution in [1.29, 1.82) is 0 Å². The molecule has 0 saturated carbocycles. The molecule has 0 aromatic carbocycles. The number of Topliss-reactive ketones (excluding diaryl/α,β-unsaturated/α-hetero) is 1. The first-order valence-electron chi connectivity index (χ1n) is 4.25. The fraction of sp³-hybridized carbons (Fsp3) is 0.200. The molecule has 3 nitrogen and oxygen atoms in total. The molecule has 0 aliphatic heterocycles. The monoisotopic (exact) mass is 252 g/mol. The van der Waals surface area contributed by atoms with Crippen LogP contribution in [0.1, 0.15) is 23.1 Å². The number of halogens is 1. The van der Waals surface area contributed by atoms with Gasteiger partial charge in [-0.15, -0.1) is 0 Å². The lowest BCUT2D eigenvalue weighted by atomic mass is 10.3. The van der Waals surface area contributed by atoms with Crippen LogP contribution in [0.15, 0.2) is 22.9 Å². The van der Waals surface area contributed by atoms with Gasteiger partial charge in [-0.2, -0.15) is 0 Å². The molecule has 0 atom stereocenters. The minimum atomic E-state index is -0.0328. The van der Waals surface area contributed by atoms with Crippen LogP contribution in [0, 0.1) is 6.92 Å². The Balaban J connectivity index is 2.84. The zero-order valence-corrected chi connectivity index (χ0v) is 9.50. The molecule has 0 spiro atoms. The van der Waals surface area contributed by atoms with Crippen molar-refractivity contribution in [2.24, 2.45) is 0 Å². The average molecular weight is 253 g/mol. The van der Waals surface area contributed by atoms with Crippen molar-refractivity contribution in [3.8, 4) is 0 Å². The van der Waals surface area contributed by atoms with Crippen molar-refractivity contribution < 1.29 is 4.79 Å². The Morgan fingerprint density at radius 1 is 1.57 bits per heavy atom. The highest BCUT2D eigenvalue weighted by Gasteiger charge is 2.11. The predicted octanol–water partition coefficient (Wildman–Crippen LogP) is 2.61. The van der Waals surface area contributed by atoms with E-state index in [1.54, 1.807) is 4.40 Å². The second kappa shape index (κ2) is 3.20. The summed E-state index contributed by atoms with van der Waals surface area (Å²) < 4.78 is 2.51. The largest absolute Gasteiger partial charge is 0.296 e. The Bertz CT molecular complexity index is 516. The summed E-state index contributed by atoms with van der Waals surface area (Å²) in [5, 5.41) is 0. The highest BCUT2D eigenvalue weighted by molar-refractivity contribution is 9.10. The van der Waals surface area contributed by atoms with Gasteiger partial charge in [0.25, 0.3) is 0 Å². The van der Waals surface area contributed by atoms with E-state index >= 15 is 0 Å². The number of nitrogens with zero attached hydrogens (tertiary/aromatic N) is 2. The molecule has 0 amide bonds. The van der Waals surface area contributed by atoms with Gasteiger partial charge < -0.3 is 0 Å². The lowest BCUT2D eigenvalue weighted by Gasteiger charge is -1.97. The van der Waals surface area contributed by atoms with Crippen molar-refractivity contribution >= 4 is 27.2 Å². The van der Waals surface area contributed by atoms with E-state index in [-0.39, 0.29) is 5.78 Å². The first-order valence-corrected chi connectivity index (χ1v) is 5.04. The van der Waals surface area contributed by atoms with Crippen LogP contribution in [-0.2, 0) is 0 Å². The van der Waals surface area contributed by atoms with E-state index in [0.717, 1.165) is 11.1 Å². The van der Waals surface area contributed by atoms with Crippen molar-refractivity contribution in [3.05, 3.63) is 34.3 Å². The molecule has 0 bridgehead atoms. The number of imidazole rings is 1. The molecule has 2 rings (SSSR count). The van der Waals surface area contributed by atoms with Crippen molar-refractivity contribution in [1.82, 2.24) is 9.38 Å². The van der Waals surface area contributed by atoms with Crippen LogP contribution in [0.5, 0.6) is 0 Å². The Labute approximate surface area is 89.9 Å². The highest BCUT2D eigenvalue weighted by atomic mass is 79.9. The van der Waals surface area contributed by atoms with Crippen molar-refractivity contribution in [2.75, 3.05) is 0 Å². The number of hydrogen-bond acceptors (Lipinski definition) is 2. The van der Waals surface area contributed by atoms with Crippen LogP contribution >= 0.6 is 15.9 Å². The summed E-state index contributed by atoms with van der Waals surface area (Å²) in [7, 11) is 0. The maximum absolute atomic E-state index is 11.3. The van der Waals surface area contributed by atoms with Gasteiger partial charge in [0.2, 0.25) is 0 Å². The van der Waals surface area contributed by atoms with E-state index in [0.29, 0.717) is 10.4 Å². The summed E-state index contributed by atoms with van der Waals surface area (Å²) in [4.78, 5) is 15.4. The maximum atomic E-state index is 11.3. The van der Waals surface area contributed by atoms with Crippen LogP contribution in [0.3, 0.4) is 0 Å². The molecular formula is C10H9BrN2O. The van der Waals surface area contributed by atoms with E-state index in [9.17, 15) is 4.79 Å². The minimum Gasteiger partial charge on any atom is -0.296 e. The van der Waals surface area contributed by atoms with Gasteiger partial charge in [-0.05, 0) is 40.5 Å². The maximum Gasteiger partial charge on any atom is 0.195 e. The topological polar surface area (TPSA) is 34.4 Å². The summed E-state index contributed by atoms with van der Waals surface area (Å²) in [5.41, 5.74) is 2.07. The van der Waals surface area contributed by atoms with Gasteiger partial charge in [0.15, 0.2) is 11.6 Å². The summed E-state index contributed by atoms with van der Waals surface area (Å²) in [6, 6.07) is 3.94. The molecule has 4 heteroatoms. The Morgan fingerprint density at radius 3 is 2.93 bits per heavy atom. The SMILES string of the molecule is CC(=O)c1nc(Br)c2cc(C)ccn12. The molecule has 0 aliphatic rings. The number of hydrogen-bond donors (Lipinski definition) is 0. The van der Waals surface area contributed by atoms with Crippen LogP contribution in [-0.4, -0.2) is 15.2 Å². The average Bonchev–Trinajstić information content (AvgIpc) is 2.44. The number of carbonyl (C=O) groups is 1. The number of fused-ring (bicyclic) bond motifs is 1. The van der Waals surface area contributed by atoms with Crippen molar-refractivity contribution in [2.45, 2.75) is 13.8 Å². The second-order valence-corrected chi connectivity index (χ2v) is 3.99. The summed E-state index contributed by atoms with van der Waals surface area (Å²) in [6.45, 7) is 3.52. The normalized spacial score (nSPS) is 10.8. The molecule has 72 valence electrons. The predicted molar refractivity (Wildman–Crippen MR) is 57.6 cm³/mol. The summed E-state index contributed by atoms with van der Waals surface area (Å²) in [6.07, 6.45) is 1.86. The van der Waals surface area contributed by atoms with E-state index in [1.165, 1.54) is 6.92 Å². The van der Waals surface area contributed by atoms with E-state index in [2.05, 4.69) is 20.9 Å². The molecule has 0 saturated heterocycles. The lowest BCUT2D eigenvalue weighted by Crippen LogP contribution is -1.99. The third kappa shape index (κ3) is 1.35. The van der Waals surface area contributed by atoms with Gasteiger partial charge in [-0.25, -0.2) is 4.98 Å². The number of rotatable bonds is 1. The summed E-state index contributed by atoms with van der Waals surface area (Å²) in [5.74, 6) is 0.432. The quantitative estimate of drug-likeness (QED) is 0.732. The Morgan fingerprint density at radius 2 is 2.29 bits per heavy atom. The molecule has 2 aromatic heterocycles. The van der Waals surface area contributed by atoms with Gasteiger partial charge in [-0.1, -0.05) is 0 Å². The zero-order chi connectivity index (χ0) is 10.3. The van der Waals surface area contributed by atoms with Gasteiger partial charge in [0, 0.05) is 13.1 Å². The van der Waals surface area contributed by atoms with Crippen LogP contribution in [0.4, 0.5) is 0 Å². The molecule has 2 heterocycles. The number of carbonyl (C=O) groups excluding carboxylic acids is 1. The van der Waals surface area contributed by atoms with Crippen molar-refractivity contribution in [3.63, 3.8) is 0 Å². The smallest absolute Gasteiger partial charge is 0.195 e. The second-order valence-electron chi connectivity index (χ2n) is 3.24. The molecule has 0 fully saturated rings. The lowest BCUT2D eigenvalue weighted by molar-refractivity contribution is 0.100. The Kier molecular flexibility index (Phi) is 2.15. The Hall–Kier alpha value is -1.16. The molecule has 0 aliphatic carbocycles. The molecular weight excluding hydrogens is 244 g/mol. The van der Waals surface area contributed by atoms with Crippen LogP contribution in [0.2, 0.25) is 0 Å². The fourth-order valence-electron chi connectivity index (χ4n) is 1.40. The van der Waals surface area contributed by atoms with E-state index < -0.39 is 0 Å². The fourth-order valence-corrected chi connectivity index (χ4v) is 1.88. The number of aromatic nitrogens is 2. The zero-order valence-electron chi connectivity index (χ0n) is 7.91. The van der Waals surface area contributed by atoms with Gasteiger partial charge in [0.1, 0.15) is 4.60 Å². The molecule has 0 N–H and O–H groups in total. The number of ketones is 1. The molecule has 2 aromatic rings. The third-order valence-corrected chi connectivity index (χ3v) is 2.65. The minimum absolute atomic E-state index is 0.0328. The van der Waals surface area contributed by atoms with E-state index in [4.69, 9.17) is 0 Å². The molecule has 14 heavy (non-hydrogen) atoms. The van der Waals surface area contributed by atoms with Gasteiger partial charge >= 0.3 is 0 Å². The summed E-state index contributed by atoms with van der Waals surface area (Å²) >= 11 is 3.34. The van der Waals surface area contributed by atoms with E-state index in [1.807, 2.05) is 25.3 Å². The number of pyridine rings is 1. The first kappa shape index (κ1) is 9.40. The highest BCUT2D eigenvalue weighted by Crippen LogP contribution is 2.20. The van der Waals surface area contributed by atoms with Gasteiger partial charge in [-0.3, -0.25) is 9.20 Å². The standard InChI is InChI=1S/C10H9BrN2O/c1-6-3-4-13-8(5-6)9(11)12-10(13)7(2)14/h3-5H,1-2H3. The van der Waals surface area contributed by atoms with Gasteiger partial charge in [0.05, 0.1) is 5.52 Å². The first-order chi connectivity index (χ1) is 6.59. The van der Waals surface area contributed by atoms with Crippen LogP contribution < -0.4 is 0 Å². The number of aryl methyl sites for hydroxylation is 1. The molecule has 0 unspecified atom stereocenters. The molecule has 0 radical (unpaired) electrons. The van der Waals surface area contributed by atoms with Crippen LogP contribution in [0.25, 0.3) is 5.52 Å².